The average Bonchev–Trinajstić information content (AvgIpc) is 2.64. The van der Waals surface area contributed by atoms with Crippen molar-refractivity contribution in [3.63, 3.8) is 0 Å². The summed E-state index contributed by atoms with van der Waals surface area (Å²) in [5.41, 5.74) is 1.67. The Hall–Kier alpha value is -2.15. The van der Waals surface area contributed by atoms with Crippen LogP contribution in [0.1, 0.15) is 21.7 Å². The third-order valence-corrected chi connectivity index (χ3v) is 3.49. The summed E-state index contributed by atoms with van der Waals surface area (Å²) >= 11 is 3.33. The molecule has 0 bridgehead atoms. The van der Waals surface area contributed by atoms with Crippen molar-refractivity contribution in [3.8, 4) is 0 Å². The second kappa shape index (κ2) is 6.09. The van der Waals surface area contributed by atoms with E-state index in [-0.39, 0.29) is 18.0 Å². The number of nitrogens with one attached hydrogen (secondary N) is 1. The molecule has 1 amide bonds. The van der Waals surface area contributed by atoms with Crippen molar-refractivity contribution in [1.82, 2.24) is 9.78 Å². The third-order valence-electron chi connectivity index (χ3n) is 3.00. The summed E-state index contributed by atoms with van der Waals surface area (Å²) in [6.07, 6.45) is 0. The quantitative estimate of drug-likeness (QED) is 0.886. The molecule has 0 saturated heterocycles. The molecule has 0 aliphatic rings. The third kappa shape index (κ3) is 3.49. The zero-order chi connectivity index (χ0) is 15.6. The first kappa shape index (κ1) is 15.2. The van der Waals surface area contributed by atoms with Gasteiger partial charge in [0.25, 0.3) is 0 Å². The highest BCUT2D eigenvalue weighted by Gasteiger charge is 2.18. The number of carbonyl (C=O) groups is 2. The number of carboxylic acid groups (broad SMARTS) is 1. The number of aromatic nitrogens is 2. The number of rotatable bonds is 4. The molecular weight excluding hydrogens is 338 g/mol. The normalized spacial score (nSPS) is 10.4. The fraction of sp³-hybridized carbons (Fsp3) is 0.214. The van der Waals surface area contributed by atoms with Gasteiger partial charge in [0.1, 0.15) is 12.1 Å². The Morgan fingerprint density at radius 1 is 1.38 bits per heavy atom. The van der Waals surface area contributed by atoms with E-state index >= 15 is 0 Å². The number of hydrogen-bond donors (Lipinski definition) is 2. The van der Waals surface area contributed by atoms with Crippen LogP contribution in [0.2, 0.25) is 0 Å². The highest BCUT2D eigenvalue weighted by atomic mass is 79.9. The van der Waals surface area contributed by atoms with E-state index in [9.17, 15) is 9.59 Å². The number of hydrogen-bond acceptors (Lipinski definition) is 3. The van der Waals surface area contributed by atoms with Gasteiger partial charge in [-0.15, -0.1) is 0 Å². The van der Waals surface area contributed by atoms with E-state index in [1.165, 1.54) is 4.68 Å². The molecule has 0 spiro atoms. The Kier molecular flexibility index (Phi) is 4.42. The molecule has 2 N–H and O–H groups in total. The first-order chi connectivity index (χ1) is 9.88. The second-order valence-electron chi connectivity index (χ2n) is 4.57. The number of halogens is 1. The summed E-state index contributed by atoms with van der Waals surface area (Å²) in [5.74, 6) is -1.31. The van der Waals surface area contributed by atoms with Gasteiger partial charge in [-0.25, -0.2) is 4.79 Å². The van der Waals surface area contributed by atoms with Gasteiger partial charge in [0.15, 0.2) is 0 Å². The van der Waals surface area contributed by atoms with Crippen molar-refractivity contribution in [2.45, 2.75) is 20.4 Å². The summed E-state index contributed by atoms with van der Waals surface area (Å²) < 4.78 is 2.26. The zero-order valence-corrected chi connectivity index (χ0v) is 13.1. The first-order valence-corrected chi connectivity index (χ1v) is 7.00. The molecule has 0 fully saturated rings. The molecule has 0 aliphatic heterocycles. The van der Waals surface area contributed by atoms with Gasteiger partial charge in [0.05, 0.1) is 11.4 Å². The van der Waals surface area contributed by atoms with Gasteiger partial charge in [0, 0.05) is 10.2 Å². The molecule has 0 aliphatic carbocycles. The van der Waals surface area contributed by atoms with Crippen molar-refractivity contribution in [1.29, 1.82) is 0 Å². The monoisotopic (exact) mass is 351 g/mol. The van der Waals surface area contributed by atoms with Crippen LogP contribution < -0.4 is 5.32 Å². The fourth-order valence-electron chi connectivity index (χ4n) is 2.06. The molecule has 2 rings (SSSR count). The standard InChI is InChI=1S/C14H14BrN3O3/c1-8-13(14(20)21)9(2)18(17-8)7-12(19)16-11-5-3-4-10(15)6-11/h3-6H,7H2,1-2H3,(H,16,19)(H,20,21). The van der Waals surface area contributed by atoms with Gasteiger partial charge in [-0.2, -0.15) is 5.10 Å². The van der Waals surface area contributed by atoms with Gasteiger partial charge >= 0.3 is 5.97 Å². The Balaban J connectivity index is 2.13. The van der Waals surface area contributed by atoms with E-state index in [2.05, 4.69) is 26.3 Å². The Bertz CT molecular complexity index is 709. The SMILES string of the molecule is Cc1nn(CC(=O)Nc2cccc(Br)c2)c(C)c1C(=O)O. The Morgan fingerprint density at radius 2 is 2.10 bits per heavy atom. The molecule has 21 heavy (non-hydrogen) atoms. The molecule has 0 saturated carbocycles. The molecular formula is C14H14BrN3O3. The minimum atomic E-state index is -1.04. The van der Waals surface area contributed by atoms with Gasteiger partial charge in [-0.1, -0.05) is 22.0 Å². The highest BCUT2D eigenvalue weighted by molar-refractivity contribution is 9.10. The topological polar surface area (TPSA) is 84.2 Å². The zero-order valence-electron chi connectivity index (χ0n) is 11.6. The number of carboxylic acids is 1. The van der Waals surface area contributed by atoms with E-state index < -0.39 is 5.97 Å². The molecule has 1 aromatic carbocycles. The van der Waals surface area contributed by atoms with E-state index in [4.69, 9.17) is 5.11 Å². The summed E-state index contributed by atoms with van der Waals surface area (Å²) in [7, 11) is 0. The van der Waals surface area contributed by atoms with Crippen molar-refractivity contribution in [2.24, 2.45) is 0 Å². The molecule has 2 aromatic rings. The Labute approximate surface area is 129 Å². The molecule has 1 heterocycles. The molecule has 0 radical (unpaired) electrons. The molecule has 0 atom stereocenters. The minimum Gasteiger partial charge on any atom is -0.478 e. The summed E-state index contributed by atoms with van der Waals surface area (Å²) in [4.78, 5) is 23.1. The van der Waals surface area contributed by atoms with Crippen LogP contribution in [0.4, 0.5) is 5.69 Å². The van der Waals surface area contributed by atoms with Gasteiger partial charge in [-0.05, 0) is 32.0 Å². The molecule has 7 heteroatoms. The van der Waals surface area contributed by atoms with Gasteiger partial charge < -0.3 is 10.4 Å². The lowest BCUT2D eigenvalue weighted by Gasteiger charge is -2.07. The first-order valence-electron chi connectivity index (χ1n) is 6.21. The van der Waals surface area contributed by atoms with E-state index in [0.717, 1.165) is 4.47 Å². The predicted molar refractivity (Wildman–Crippen MR) is 81.4 cm³/mol. The van der Waals surface area contributed by atoms with Crippen LogP contribution in [0, 0.1) is 13.8 Å². The van der Waals surface area contributed by atoms with Crippen LogP contribution in [0.15, 0.2) is 28.7 Å². The number of anilines is 1. The molecule has 0 unspecified atom stereocenters. The van der Waals surface area contributed by atoms with Crippen molar-refractivity contribution in [2.75, 3.05) is 5.32 Å². The maximum Gasteiger partial charge on any atom is 0.339 e. The maximum absolute atomic E-state index is 12.0. The maximum atomic E-state index is 12.0. The lowest BCUT2D eigenvalue weighted by atomic mass is 10.2. The van der Waals surface area contributed by atoms with Crippen LogP contribution in [-0.2, 0) is 11.3 Å². The number of nitrogens with zero attached hydrogens (tertiary/aromatic N) is 2. The summed E-state index contributed by atoms with van der Waals surface area (Å²) in [6.45, 7) is 3.21. The summed E-state index contributed by atoms with van der Waals surface area (Å²) in [6, 6.07) is 7.22. The summed E-state index contributed by atoms with van der Waals surface area (Å²) in [5, 5.41) is 15.9. The predicted octanol–water partition coefficient (Wildman–Crippen LogP) is 2.60. The van der Waals surface area contributed by atoms with E-state index in [1.807, 2.05) is 12.1 Å². The lowest BCUT2D eigenvalue weighted by molar-refractivity contribution is -0.116. The lowest BCUT2D eigenvalue weighted by Crippen LogP contribution is -2.20. The smallest absolute Gasteiger partial charge is 0.339 e. The number of amides is 1. The fourth-order valence-corrected chi connectivity index (χ4v) is 2.46. The van der Waals surface area contributed by atoms with E-state index in [0.29, 0.717) is 17.1 Å². The molecule has 1 aromatic heterocycles. The highest BCUT2D eigenvalue weighted by Crippen LogP contribution is 2.16. The minimum absolute atomic E-state index is 0.0353. The van der Waals surface area contributed by atoms with Crippen molar-refractivity contribution < 1.29 is 14.7 Å². The number of aryl methyl sites for hydroxylation is 1. The van der Waals surface area contributed by atoms with Crippen LogP contribution in [0.5, 0.6) is 0 Å². The van der Waals surface area contributed by atoms with Crippen LogP contribution in [0.3, 0.4) is 0 Å². The number of carbonyl (C=O) groups excluding carboxylic acids is 1. The number of benzene rings is 1. The van der Waals surface area contributed by atoms with Crippen LogP contribution in [-0.4, -0.2) is 26.8 Å². The largest absolute Gasteiger partial charge is 0.478 e. The molecule has 6 nitrogen and oxygen atoms in total. The number of aromatic carboxylic acids is 1. The van der Waals surface area contributed by atoms with E-state index in [1.54, 1.807) is 26.0 Å². The molecule has 110 valence electrons. The Morgan fingerprint density at radius 3 is 2.67 bits per heavy atom. The van der Waals surface area contributed by atoms with Gasteiger partial charge in [-0.3, -0.25) is 9.48 Å². The van der Waals surface area contributed by atoms with Crippen LogP contribution >= 0.6 is 15.9 Å². The van der Waals surface area contributed by atoms with Gasteiger partial charge in [0.2, 0.25) is 5.91 Å². The second-order valence-corrected chi connectivity index (χ2v) is 5.48. The van der Waals surface area contributed by atoms with Crippen LogP contribution in [0.25, 0.3) is 0 Å². The van der Waals surface area contributed by atoms with Crippen molar-refractivity contribution in [3.05, 3.63) is 45.7 Å². The average molecular weight is 352 g/mol. The van der Waals surface area contributed by atoms with Crippen molar-refractivity contribution >= 4 is 33.5 Å².